The molecule has 0 aromatic carbocycles. The molecule has 0 aliphatic carbocycles. The number of aromatic nitrogens is 3. The molecule has 0 aliphatic rings. The number of rotatable bonds is 6. The van der Waals surface area contributed by atoms with Crippen LogP contribution in [0, 0.1) is 0 Å². The zero-order valence-electron chi connectivity index (χ0n) is 11.9. The van der Waals surface area contributed by atoms with Crippen LogP contribution in [0.25, 0.3) is 0 Å². The van der Waals surface area contributed by atoms with Gasteiger partial charge in [-0.15, -0.1) is 0 Å². The summed E-state index contributed by atoms with van der Waals surface area (Å²) in [6.45, 7) is 6.00. The fourth-order valence-corrected chi connectivity index (χ4v) is 2.42. The normalized spacial score (nSPS) is 10.6. The van der Waals surface area contributed by atoms with E-state index < -0.39 is 0 Å². The molecule has 0 radical (unpaired) electrons. The molecule has 0 fully saturated rings. The lowest BCUT2D eigenvalue weighted by atomic mass is 10.2. The van der Waals surface area contributed by atoms with Crippen molar-refractivity contribution in [3.8, 4) is 0 Å². The van der Waals surface area contributed by atoms with Crippen LogP contribution in [0.3, 0.4) is 0 Å². The highest BCUT2D eigenvalue weighted by Crippen LogP contribution is 2.19. The Labute approximate surface area is 128 Å². The Morgan fingerprint density at radius 1 is 1.15 bits per heavy atom. The number of pyridine rings is 1. The van der Waals surface area contributed by atoms with Crippen LogP contribution in [0.4, 0.5) is 5.82 Å². The summed E-state index contributed by atoms with van der Waals surface area (Å²) in [7, 11) is 0. The van der Waals surface area contributed by atoms with Crippen molar-refractivity contribution in [1.82, 2.24) is 15.0 Å². The first kappa shape index (κ1) is 14.9. The van der Waals surface area contributed by atoms with Crippen molar-refractivity contribution in [3.63, 3.8) is 0 Å². The predicted molar refractivity (Wildman–Crippen MR) is 84.7 cm³/mol. The van der Waals surface area contributed by atoms with Gasteiger partial charge in [0.1, 0.15) is 16.2 Å². The summed E-state index contributed by atoms with van der Waals surface area (Å²) in [5.41, 5.74) is 1.23. The third kappa shape index (κ3) is 4.00. The Hall–Kier alpha value is -1.49. The van der Waals surface area contributed by atoms with E-state index in [1.165, 1.54) is 5.56 Å². The van der Waals surface area contributed by atoms with E-state index in [0.717, 1.165) is 42.2 Å². The SMILES string of the molecule is CCCc1nc(Br)cc(N(CC)Cc2ccncc2)n1. The van der Waals surface area contributed by atoms with E-state index in [1.54, 1.807) is 0 Å². The van der Waals surface area contributed by atoms with Gasteiger partial charge in [-0.1, -0.05) is 6.92 Å². The maximum Gasteiger partial charge on any atom is 0.133 e. The van der Waals surface area contributed by atoms with E-state index in [-0.39, 0.29) is 0 Å². The van der Waals surface area contributed by atoms with E-state index in [1.807, 2.05) is 30.6 Å². The molecule has 0 N–H and O–H groups in total. The molecule has 5 heteroatoms. The van der Waals surface area contributed by atoms with E-state index in [4.69, 9.17) is 0 Å². The van der Waals surface area contributed by atoms with E-state index in [9.17, 15) is 0 Å². The Kier molecular flexibility index (Phi) is 5.47. The number of anilines is 1. The van der Waals surface area contributed by atoms with Gasteiger partial charge in [0.2, 0.25) is 0 Å². The zero-order valence-corrected chi connectivity index (χ0v) is 13.5. The third-order valence-corrected chi connectivity index (χ3v) is 3.44. The van der Waals surface area contributed by atoms with Gasteiger partial charge in [0, 0.05) is 38.0 Å². The number of aryl methyl sites for hydroxylation is 1. The fraction of sp³-hybridized carbons (Fsp3) is 0.400. The molecule has 0 saturated carbocycles. The molecule has 2 aromatic heterocycles. The molecule has 2 heterocycles. The van der Waals surface area contributed by atoms with Crippen LogP contribution in [0.1, 0.15) is 31.7 Å². The lowest BCUT2D eigenvalue weighted by Crippen LogP contribution is -2.23. The minimum absolute atomic E-state index is 0.827. The molecule has 0 bridgehead atoms. The van der Waals surface area contributed by atoms with Gasteiger partial charge >= 0.3 is 0 Å². The molecule has 0 spiro atoms. The number of nitrogens with zero attached hydrogens (tertiary/aromatic N) is 4. The summed E-state index contributed by atoms with van der Waals surface area (Å²) >= 11 is 3.48. The Bertz CT molecular complexity index is 545. The van der Waals surface area contributed by atoms with Crippen LogP contribution in [0.15, 0.2) is 35.2 Å². The summed E-state index contributed by atoms with van der Waals surface area (Å²) in [5.74, 6) is 1.86. The molecule has 0 unspecified atom stereocenters. The second-order valence-corrected chi connectivity index (χ2v) is 5.40. The maximum absolute atomic E-state index is 4.66. The Morgan fingerprint density at radius 3 is 2.55 bits per heavy atom. The summed E-state index contributed by atoms with van der Waals surface area (Å²) in [6.07, 6.45) is 5.59. The van der Waals surface area contributed by atoms with Crippen LogP contribution in [-0.2, 0) is 13.0 Å². The lowest BCUT2D eigenvalue weighted by Gasteiger charge is -2.22. The van der Waals surface area contributed by atoms with Crippen LogP contribution in [0.2, 0.25) is 0 Å². The number of halogens is 1. The number of hydrogen-bond donors (Lipinski definition) is 0. The largest absolute Gasteiger partial charge is 0.352 e. The Morgan fingerprint density at radius 2 is 1.90 bits per heavy atom. The van der Waals surface area contributed by atoms with Gasteiger partial charge in [0.15, 0.2) is 0 Å². The summed E-state index contributed by atoms with van der Waals surface area (Å²) < 4.78 is 0.846. The van der Waals surface area contributed by atoms with Gasteiger partial charge in [-0.2, -0.15) is 0 Å². The topological polar surface area (TPSA) is 41.9 Å². The van der Waals surface area contributed by atoms with Crippen molar-refractivity contribution in [2.45, 2.75) is 33.2 Å². The standard InChI is InChI=1S/C15H19BrN4/c1-3-5-14-18-13(16)10-15(19-14)20(4-2)11-12-6-8-17-9-7-12/h6-10H,3-5,11H2,1-2H3. The van der Waals surface area contributed by atoms with Crippen molar-refractivity contribution in [2.75, 3.05) is 11.4 Å². The second kappa shape index (κ2) is 7.33. The van der Waals surface area contributed by atoms with Crippen LogP contribution in [0.5, 0.6) is 0 Å². The molecular formula is C15H19BrN4. The maximum atomic E-state index is 4.66. The minimum atomic E-state index is 0.827. The third-order valence-electron chi connectivity index (χ3n) is 3.03. The molecule has 0 aliphatic heterocycles. The molecule has 4 nitrogen and oxygen atoms in total. The van der Waals surface area contributed by atoms with Gasteiger partial charge in [-0.3, -0.25) is 4.98 Å². The van der Waals surface area contributed by atoms with E-state index >= 15 is 0 Å². The highest BCUT2D eigenvalue weighted by atomic mass is 79.9. The van der Waals surface area contributed by atoms with Crippen LogP contribution in [-0.4, -0.2) is 21.5 Å². The highest BCUT2D eigenvalue weighted by Gasteiger charge is 2.10. The molecule has 0 atom stereocenters. The average Bonchev–Trinajstić information content (AvgIpc) is 2.45. The Balaban J connectivity index is 2.22. The lowest BCUT2D eigenvalue weighted by molar-refractivity contribution is 0.775. The van der Waals surface area contributed by atoms with Crippen molar-refractivity contribution < 1.29 is 0 Å². The minimum Gasteiger partial charge on any atom is -0.352 e. The fourth-order valence-electron chi connectivity index (χ4n) is 2.01. The number of hydrogen-bond acceptors (Lipinski definition) is 4. The first-order valence-corrected chi connectivity index (χ1v) is 7.69. The van der Waals surface area contributed by atoms with Gasteiger partial charge in [0.05, 0.1) is 0 Å². The summed E-state index contributed by atoms with van der Waals surface area (Å²) in [5, 5.41) is 0. The highest BCUT2D eigenvalue weighted by molar-refractivity contribution is 9.10. The van der Waals surface area contributed by atoms with Crippen LogP contribution < -0.4 is 4.90 Å². The first-order chi connectivity index (χ1) is 9.72. The molecule has 2 aromatic rings. The zero-order chi connectivity index (χ0) is 14.4. The van der Waals surface area contributed by atoms with Crippen molar-refractivity contribution >= 4 is 21.7 Å². The molecule has 106 valence electrons. The second-order valence-electron chi connectivity index (χ2n) is 4.58. The predicted octanol–water partition coefficient (Wildman–Crippen LogP) is 3.61. The van der Waals surface area contributed by atoms with Crippen molar-refractivity contribution in [2.24, 2.45) is 0 Å². The monoisotopic (exact) mass is 334 g/mol. The van der Waals surface area contributed by atoms with Crippen molar-refractivity contribution in [3.05, 3.63) is 46.6 Å². The average molecular weight is 335 g/mol. The van der Waals surface area contributed by atoms with Gasteiger partial charge in [-0.05, 0) is 47.0 Å². The van der Waals surface area contributed by atoms with Crippen molar-refractivity contribution in [1.29, 1.82) is 0 Å². The van der Waals surface area contributed by atoms with Gasteiger partial charge in [0.25, 0.3) is 0 Å². The first-order valence-electron chi connectivity index (χ1n) is 6.90. The molecule has 0 saturated heterocycles. The quantitative estimate of drug-likeness (QED) is 0.756. The molecular weight excluding hydrogens is 316 g/mol. The summed E-state index contributed by atoms with van der Waals surface area (Å²) in [6, 6.07) is 6.04. The van der Waals surface area contributed by atoms with E-state index in [0.29, 0.717) is 0 Å². The van der Waals surface area contributed by atoms with E-state index in [2.05, 4.69) is 49.6 Å². The van der Waals surface area contributed by atoms with Gasteiger partial charge < -0.3 is 4.90 Å². The molecule has 2 rings (SSSR count). The molecule has 0 amide bonds. The summed E-state index contributed by atoms with van der Waals surface area (Å²) in [4.78, 5) is 15.4. The smallest absolute Gasteiger partial charge is 0.133 e. The molecule has 20 heavy (non-hydrogen) atoms. The van der Waals surface area contributed by atoms with Gasteiger partial charge in [-0.25, -0.2) is 9.97 Å². The van der Waals surface area contributed by atoms with Crippen LogP contribution >= 0.6 is 15.9 Å².